The van der Waals surface area contributed by atoms with E-state index in [0.717, 1.165) is 30.8 Å². The summed E-state index contributed by atoms with van der Waals surface area (Å²) in [6.07, 6.45) is 8.00. The molecular formula is C23H31Cl2N3O3. The van der Waals surface area contributed by atoms with Crippen molar-refractivity contribution in [1.29, 1.82) is 0 Å². The van der Waals surface area contributed by atoms with Crippen LogP contribution >= 0.6 is 23.2 Å². The molecule has 0 atom stereocenters. The number of amides is 1. The minimum absolute atomic E-state index is 0.137. The van der Waals surface area contributed by atoms with Crippen LogP contribution in [0.1, 0.15) is 24.8 Å². The first-order valence-corrected chi connectivity index (χ1v) is 11.6. The Kier molecular flexibility index (Phi) is 11.3. The molecule has 1 aliphatic rings. The smallest absolute Gasteiger partial charge is 0.305 e. The summed E-state index contributed by atoms with van der Waals surface area (Å²) >= 11 is 11.9. The zero-order valence-corrected chi connectivity index (χ0v) is 19.5. The Morgan fingerprint density at radius 2 is 1.94 bits per heavy atom. The number of anilines is 1. The van der Waals surface area contributed by atoms with E-state index in [2.05, 4.69) is 22.3 Å². The van der Waals surface area contributed by atoms with E-state index in [1.807, 2.05) is 36.4 Å². The molecule has 0 bridgehead atoms. The third kappa shape index (κ3) is 8.83. The van der Waals surface area contributed by atoms with E-state index < -0.39 is 0 Å². The quantitative estimate of drug-likeness (QED) is 0.272. The van der Waals surface area contributed by atoms with Gasteiger partial charge in [-0.3, -0.25) is 9.59 Å². The summed E-state index contributed by atoms with van der Waals surface area (Å²) in [7, 11) is 1.87. The van der Waals surface area contributed by atoms with Crippen LogP contribution in [0.3, 0.4) is 0 Å². The van der Waals surface area contributed by atoms with Crippen molar-refractivity contribution in [3.05, 3.63) is 53.9 Å². The van der Waals surface area contributed by atoms with Crippen LogP contribution in [0.2, 0.25) is 0 Å². The van der Waals surface area contributed by atoms with Gasteiger partial charge in [-0.1, -0.05) is 24.3 Å². The zero-order valence-electron chi connectivity index (χ0n) is 18.0. The number of allylic oxidation sites excluding steroid dienone is 1. The Bertz CT molecular complexity index is 777. The number of carbonyl (C=O) groups excluding carboxylic acids is 2. The number of nitrogens with zero attached hydrogens (tertiary/aromatic N) is 2. The van der Waals surface area contributed by atoms with Crippen LogP contribution in [0.5, 0.6) is 0 Å². The maximum atomic E-state index is 12.1. The second-order valence-corrected chi connectivity index (χ2v) is 7.99. The molecule has 0 fully saturated rings. The van der Waals surface area contributed by atoms with Crippen molar-refractivity contribution in [3.63, 3.8) is 0 Å². The third-order valence-electron chi connectivity index (χ3n) is 4.85. The van der Waals surface area contributed by atoms with Gasteiger partial charge in [-0.15, -0.1) is 23.2 Å². The maximum Gasteiger partial charge on any atom is 0.305 e. The molecular weight excluding hydrogens is 437 g/mol. The number of ether oxygens (including phenoxy) is 1. The van der Waals surface area contributed by atoms with Crippen LogP contribution in [0.25, 0.3) is 0 Å². The van der Waals surface area contributed by atoms with Crippen LogP contribution in [0, 0.1) is 0 Å². The lowest BCUT2D eigenvalue weighted by Gasteiger charge is -2.25. The number of para-hydroxylation sites is 1. The predicted octanol–water partition coefficient (Wildman–Crippen LogP) is 3.69. The van der Waals surface area contributed by atoms with Crippen molar-refractivity contribution < 1.29 is 14.3 Å². The van der Waals surface area contributed by atoms with E-state index in [4.69, 9.17) is 27.9 Å². The minimum atomic E-state index is -0.260. The number of halogens is 2. The molecule has 1 aromatic rings. The van der Waals surface area contributed by atoms with Gasteiger partial charge in [0.1, 0.15) is 6.61 Å². The SMILES string of the molecule is CN1C=CCC(C(=O)NCCOC(=O)CCCc2ccccc2N(CCCl)CCCl)=C1. The number of nitrogens with one attached hydrogen (secondary N) is 1. The number of benzene rings is 1. The van der Waals surface area contributed by atoms with Crippen LogP contribution in [0.15, 0.2) is 48.3 Å². The first-order chi connectivity index (χ1) is 15.0. The van der Waals surface area contributed by atoms with Crippen molar-refractivity contribution in [2.75, 3.05) is 49.9 Å². The monoisotopic (exact) mass is 467 g/mol. The summed E-state index contributed by atoms with van der Waals surface area (Å²) in [6.45, 7) is 1.91. The molecule has 0 saturated carbocycles. The number of hydrogen-bond acceptors (Lipinski definition) is 5. The van der Waals surface area contributed by atoms with E-state index in [9.17, 15) is 9.59 Å². The average Bonchev–Trinajstić information content (AvgIpc) is 2.77. The third-order valence-corrected chi connectivity index (χ3v) is 5.19. The number of aryl methyl sites for hydroxylation is 1. The number of carbonyl (C=O) groups is 2. The van der Waals surface area contributed by atoms with Crippen molar-refractivity contribution in [1.82, 2.24) is 10.2 Å². The predicted molar refractivity (Wildman–Crippen MR) is 127 cm³/mol. The summed E-state index contributed by atoms with van der Waals surface area (Å²) < 4.78 is 5.25. The molecule has 170 valence electrons. The number of esters is 1. The zero-order chi connectivity index (χ0) is 22.5. The van der Waals surface area contributed by atoms with E-state index in [1.54, 1.807) is 6.20 Å². The lowest BCUT2D eigenvalue weighted by Crippen LogP contribution is -2.30. The highest BCUT2D eigenvalue weighted by atomic mass is 35.5. The first kappa shape index (κ1) is 25.1. The van der Waals surface area contributed by atoms with Gasteiger partial charge >= 0.3 is 5.97 Å². The molecule has 1 heterocycles. The van der Waals surface area contributed by atoms with Gasteiger partial charge in [0.15, 0.2) is 0 Å². The summed E-state index contributed by atoms with van der Waals surface area (Å²) in [5.74, 6) is 0.657. The molecule has 31 heavy (non-hydrogen) atoms. The molecule has 0 radical (unpaired) electrons. The second-order valence-electron chi connectivity index (χ2n) is 7.23. The Balaban J connectivity index is 1.70. The fourth-order valence-electron chi connectivity index (χ4n) is 3.36. The number of hydrogen-bond donors (Lipinski definition) is 1. The summed E-state index contributed by atoms with van der Waals surface area (Å²) in [6, 6.07) is 8.12. The van der Waals surface area contributed by atoms with E-state index in [1.165, 1.54) is 0 Å². The highest BCUT2D eigenvalue weighted by molar-refractivity contribution is 6.18. The number of alkyl halides is 2. The Morgan fingerprint density at radius 1 is 1.19 bits per heavy atom. The molecule has 0 saturated heterocycles. The van der Waals surface area contributed by atoms with Crippen molar-refractivity contribution in [2.45, 2.75) is 25.7 Å². The molecule has 6 nitrogen and oxygen atoms in total. The molecule has 1 aromatic carbocycles. The van der Waals surface area contributed by atoms with Crippen molar-refractivity contribution in [3.8, 4) is 0 Å². The fourth-order valence-corrected chi connectivity index (χ4v) is 3.77. The molecule has 1 N–H and O–H groups in total. The van der Waals surface area contributed by atoms with Gasteiger partial charge in [-0.05, 0) is 37.1 Å². The van der Waals surface area contributed by atoms with Crippen LogP contribution in [-0.2, 0) is 20.7 Å². The van der Waals surface area contributed by atoms with Crippen LogP contribution in [-0.4, -0.2) is 61.8 Å². The van der Waals surface area contributed by atoms with Gasteiger partial charge in [0, 0.05) is 55.8 Å². The average molecular weight is 468 g/mol. The maximum absolute atomic E-state index is 12.1. The Hall–Kier alpha value is -2.18. The Labute approximate surface area is 194 Å². The van der Waals surface area contributed by atoms with Gasteiger partial charge in [-0.25, -0.2) is 0 Å². The largest absolute Gasteiger partial charge is 0.464 e. The fraction of sp³-hybridized carbons (Fsp3) is 0.478. The highest BCUT2D eigenvalue weighted by Gasteiger charge is 2.13. The van der Waals surface area contributed by atoms with Gasteiger partial charge in [0.05, 0.1) is 6.54 Å². The first-order valence-electron chi connectivity index (χ1n) is 10.5. The van der Waals surface area contributed by atoms with E-state index in [0.29, 0.717) is 43.1 Å². The van der Waals surface area contributed by atoms with Crippen molar-refractivity contribution >= 4 is 40.8 Å². The molecule has 0 aliphatic carbocycles. The van der Waals surface area contributed by atoms with Crippen molar-refractivity contribution in [2.24, 2.45) is 0 Å². The highest BCUT2D eigenvalue weighted by Crippen LogP contribution is 2.22. The summed E-state index contributed by atoms with van der Waals surface area (Å²) in [4.78, 5) is 28.1. The molecule has 0 spiro atoms. The summed E-state index contributed by atoms with van der Waals surface area (Å²) in [5, 5.41) is 2.78. The molecule has 2 rings (SSSR count). The van der Waals surface area contributed by atoms with Gasteiger partial charge < -0.3 is 19.9 Å². The summed E-state index contributed by atoms with van der Waals surface area (Å²) in [5.41, 5.74) is 2.96. The Morgan fingerprint density at radius 3 is 2.65 bits per heavy atom. The lowest BCUT2D eigenvalue weighted by molar-refractivity contribution is -0.143. The van der Waals surface area contributed by atoms with E-state index >= 15 is 0 Å². The van der Waals surface area contributed by atoms with Gasteiger partial charge in [0.25, 0.3) is 0 Å². The number of rotatable bonds is 13. The van der Waals surface area contributed by atoms with Crippen LogP contribution < -0.4 is 10.2 Å². The standard InChI is InChI=1S/C23H31Cl2N3O3/c1-27-14-5-8-20(18-27)23(30)26-13-17-31-22(29)10-4-7-19-6-2-3-9-21(19)28(15-11-24)16-12-25/h2-3,5-6,9,14,18H,4,7-8,10-13,15-17H2,1H3,(H,26,30). The molecule has 0 unspecified atom stereocenters. The van der Waals surface area contributed by atoms with Crippen LogP contribution in [0.4, 0.5) is 5.69 Å². The minimum Gasteiger partial charge on any atom is -0.464 e. The molecule has 1 amide bonds. The second kappa shape index (κ2) is 14.0. The van der Waals surface area contributed by atoms with E-state index in [-0.39, 0.29) is 18.5 Å². The normalized spacial score (nSPS) is 13.0. The van der Waals surface area contributed by atoms with Gasteiger partial charge in [0.2, 0.25) is 5.91 Å². The lowest BCUT2D eigenvalue weighted by atomic mass is 10.1. The van der Waals surface area contributed by atoms with Gasteiger partial charge in [-0.2, -0.15) is 0 Å². The molecule has 1 aliphatic heterocycles. The topological polar surface area (TPSA) is 61.9 Å². The molecule has 0 aromatic heterocycles. The molecule has 8 heteroatoms.